The lowest BCUT2D eigenvalue weighted by Gasteiger charge is -2.13. The van der Waals surface area contributed by atoms with Crippen molar-refractivity contribution in [2.24, 2.45) is 0 Å². The average Bonchev–Trinajstić information content (AvgIpc) is 2.82. The third kappa shape index (κ3) is 1.53. The van der Waals surface area contributed by atoms with Crippen LogP contribution in [0.25, 0.3) is 10.8 Å². The van der Waals surface area contributed by atoms with Crippen LogP contribution in [0.15, 0.2) is 42.5 Å². The van der Waals surface area contributed by atoms with E-state index in [-0.39, 0.29) is 0 Å². The molecule has 0 amide bonds. The molecule has 2 aromatic rings. The van der Waals surface area contributed by atoms with E-state index in [1.165, 1.54) is 29.2 Å². The Morgan fingerprint density at radius 3 is 2.73 bits per heavy atom. The maximum Gasteiger partial charge on any atom is 0.0326 e. The van der Waals surface area contributed by atoms with Gasteiger partial charge in [-0.25, -0.2) is 0 Å². The van der Waals surface area contributed by atoms with E-state index >= 15 is 0 Å². The van der Waals surface area contributed by atoms with E-state index in [1.807, 2.05) is 0 Å². The van der Waals surface area contributed by atoms with E-state index in [0.29, 0.717) is 6.04 Å². The van der Waals surface area contributed by atoms with Gasteiger partial charge in [0.1, 0.15) is 0 Å². The number of nitrogens with one attached hydrogen (secondary N) is 1. The topological polar surface area (TPSA) is 12.0 Å². The number of hydrogen-bond acceptors (Lipinski definition) is 1. The van der Waals surface area contributed by atoms with Crippen molar-refractivity contribution in [2.75, 3.05) is 6.54 Å². The monoisotopic (exact) mass is 197 g/mol. The van der Waals surface area contributed by atoms with Gasteiger partial charge in [-0.1, -0.05) is 42.5 Å². The van der Waals surface area contributed by atoms with Crippen LogP contribution >= 0.6 is 0 Å². The van der Waals surface area contributed by atoms with E-state index in [0.717, 1.165) is 6.54 Å². The van der Waals surface area contributed by atoms with Crippen molar-refractivity contribution in [3.8, 4) is 0 Å². The molecule has 76 valence electrons. The summed E-state index contributed by atoms with van der Waals surface area (Å²) in [7, 11) is 0. The van der Waals surface area contributed by atoms with Gasteiger partial charge in [0.25, 0.3) is 0 Å². The van der Waals surface area contributed by atoms with Gasteiger partial charge in [-0.2, -0.15) is 0 Å². The van der Waals surface area contributed by atoms with Crippen molar-refractivity contribution >= 4 is 10.8 Å². The highest BCUT2D eigenvalue weighted by Crippen LogP contribution is 2.29. The van der Waals surface area contributed by atoms with Gasteiger partial charge < -0.3 is 5.32 Å². The zero-order valence-electron chi connectivity index (χ0n) is 8.74. The van der Waals surface area contributed by atoms with E-state index in [4.69, 9.17) is 0 Å². The molecule has 0 unspecified atom stereocenters. The number of fused-ring (bicyclic) bond motifs is 1. The summed E-state index contributed by atoms with van der Waals surface area (Å²) in [5, 5.41) is 6.32. The maximum absolute atomic E-state index is 3.57. The summed E-state index contributed by atoms with van der Waals surface area (Å²) in [6.45, 7) is 1.16. The molecule has 1 heteroatoms. The van der Waals surface area contributed by atoms with Crippen LogP contribution in [-0.4, -0.2) is 6.54 Å². The van der Waals surface area contributed by atoms with Crippen molar-refractivity contribution in [3.63, 3.8) is 0 Å². The molecule has 0 bridgehead atoms. The molecule has 1 nitrogen and oxygen atoms in total. The van der Waals surface area contributed by atoms with Crippen molar-refractivity contribution in [2.45, 2.75) is 18.9 Å². The Hall–Kier alpha value is -1.34. The Labute approximate surface area is 90.1 Å². The predicted molar refractivity (Wildman–Crippen MR) is 63.9 cm³/mol. The third-order valence-corrected chi connectivity index (χ3v) is 3.26. The minimum Gasteiger partial charge on any atom is -0.310 e. The Balaban J connectivity index is 2.16. The Bertz CT molecular complexity index is 464. The molecular weight excluding hydrogens is 182 g/mol. The summed E-state index contributed by atoms with van der Waals surface area (Å²) in [6.07, 6.45) is 2.57. The Kier molecular flexibility index (Phi) is 2.18. The average molecular weight is 197 g/mol. The summed E-state index contributed by atoms with van der Waals surface area (Å²) >= 11 is 0. The van der Waals surface area contributed by atoms with Crippen molar-refractivity contribution in [3.05, 3.63) is 48.0 Å². The van der Waals surface area contributed by atoms with Gasteiger partial charge in [0.2, 0.25) is 0 Å². The van der Waals surface area contributed by atoms with Crippen LogP contribution in [0.5, 0.6) is 0 Å². The second kappa shape index (κ2) is 3.67. The molecule has 0 aromatic heterocycles. The van der Waals surface area contributed by atoms with E-state index in [9.17, 15) is 0 Å². The molecule has 0 saturated carbocycles. The first-order valence-electron chi connectivity index (χ1n) is 5.66. The summed E-state index contributed by atoms with van der Waals surface area (Å²) < 4.78 is 0. The van der Waals surface area contributed by atoms with Crippen LogP contribution in [0.1, 0.15) is 24.4 Å². The SMILES string of the molecule is c1ccc2c([C@H]3CCCN3)cccc2c1. The van der Waals surface area contributed by atoms with Crippen molar-refractivity contribution < 1.29 is 0 Å². The van der Waals surface area contributed by atoms with Gasteiger partial charge in [-0.05, 0) is 35.7 Å². The zero-order chi connectivity index (χ0) is 10.1. The Morgan fingerprint density at radius 1 is 1.00 bits per heavy atom. The third-order valence-electron chi connectivity index (χ3n) is 3.26. The standard InChI is InChI=1S/C14H15N/c1-2-7-12-11(5-1)6-3-8-13(12)14-9-4-10-15-14/h1-3,5-8,14-15H,4,9-10H2/t14-/m1/s1. The largest absolute Gasteiger partial charge is 0.310 e. The number of benzene rings is 2. The fourth-order valence-corrected chi connectivity index (χ4v) is 2.50. The van der Waals surface area contributed by atoms with Crippen LogP contribution < -0.4 is 5.32 Å². The van der Waals surface area contributed by atoms with Crippen LogP contribution in [0.4, 0.5) is 0 Å². The maximum atomic E-state index is 3.57. The Morgan fingerprint density at radius 2 is 1.87 bits per heavy atom. The minimum absolute atomic E-state index is 0.566. The molecule has 0 radical (unpaired) electrons. The summed E-state index contributed by atoms with van der Waals surface area (Å²) in [6, 6.07) is 15.8. The molecule has 1 aliphatic rings. The first kappa shape index (κ1) is 8.93. The van der Waals surface area contributed by atoms with E-state index < -0.39 is 0 Å². The second-order valence-electron chi connectivity index (χ2n) is 4.22. The lowest BCUT2D eigenvalue weighted by Crippen LogP contribution is -2.12. The normalized spacial score (nSPS) is 20.9. The van der Waals surface area contributed by atoms with Gasteiger partial charge in [-0.3, -0.25) is 0 Å². The minimum atomic E-state index is 0.566. The van der Waals surface area contributed by atoms with E-state index in [1.54, 1.807) is 0 Å². The number of hydrogen-bond donors (Lipinski definition) is 1. The molecule has 3 rings (SSSR count). The van der Waals surface area contributed by atoms with Crippen LogP contribution in [0.3, 0.4) is 0 Å². The van der Waals surface area contributed by atoms with Gasteiger partial charge in [0.05, 0.1) is 0 Å². The quantitative estimate of drug-likeness (QED) is 0.740. The zero-order valence-corrected chi connectivity index (χ0v) is 8.74. The lowest BCUT2D eigenvalue weighted by molar-refractivity contribution is 0.653. The molecule has 1 saturated heterocycles. The summed E-state index contributed by atoms with van der Waals surface area (Å²) in [5.41, 5.74) is 1.46. The van der Waals surface area contributed by atoms with Gasteiger partial charge in [-0.15, -0.1) is 0 Å². The van der Waals surface area contributed by atoms with Gasteiger partial charge in [0.15, 0.2) is 0 Å². The molecule has 1 atom stereocenters. The van der Waals surface area contributed by atoms with Crippen LogP contribution in [0.2, 0.25) is 0 Å². The first-order chi connectivity index (χ1) is 7.45. The predicted octanol–water partition coefficient (Wildman–Crippen LogP) is 3.26. The molecule has 1 N–H and O–H groups in total. The van der Waals surface area contributed by atoms with Crippen molar-refractivity contribution in [1.29, 1.82) is 0 Å². The fourth-order valence-electron chi connectivity index (χ4n) is 2.50. The first-order valence-corrected chi connectivity index (χ1v) is 5.66. The van der Waals surface area contributed by atoms with Gasteiger partial charge >= 0.3 is 0 Å². The molecule has 2 aromatic carbocycles. The van der Waals surface area contributed by atoms with Crippen LogP contribution in [0, 0.1) is 0 Å². The molecule has 1 heterocycles. The summed E-state index contributed by atoms with van der Waals surface area (Å²) in [5.74, 6) is 0. The summed E-state index contributed by atoms with van der Waals surface area (Å²) in [4.78, 5) is 0. The molecule has 1 fully saturated rings. The number of rotatable bonds is 1. The van der Waals surface area contributed by atoms with Gasteiger partial charge in [0, 0.05) is 6.04 Å². The van der Waals surface area contributed by atoms with Crippen molar-refractivity contribution in [1.82, 2.24) is 5.32 Å². The van der Waals surface area contributed by atoms with E-state index in [2.05, 4.69) is 47.8 Å². The fraction of sp³-hybridized carbons (Fsp3) is 0.286. The molecular formula is C14H15N. The molecule has 0 spiro atoms. The second-order valence-corrected chi connectivity index (χ2v) is 4.22. The van der Waals surface area contributed by atoms with Crippen LogP contribution in [-0.2, 0) is 0 Å². The molecule has 0 aliphatic carbocycles. The highest BCUT2D eigenvalue weighted by atomic mass is 14.9. The highest BCUT2D eigenvalue weighted by Gasteiger charge is 2.17. The molecule has 1 aliphatic heterocycles. The molecule has 15 heavy (non-hydrogen) atoms. The lowest BCUT2D eigenvalue weighted by atomic mass is 9.98. The smallest absolute Gasteiger partial charge is 0.0326 e. The highest BCUT2D eigenvalue weighted by molar-refractivity contribution is 5.86.